The van der Waals surface area contributed by atoms with Crippen molar-refractivity contribution in [1.29, 1.82) is 0 Å². The van der Waals surface area contributed by atoms with Gasteiger partial charge in [0, 0.05) is 18.7 Å². The molecule has 4 aromatic carbocycles. The van der Waals surface area contributed by atoms with Gasteiger partial charge in [0.25, 0.3) is 0 Å². The van der Waals surface area contributed by atoms with Crippen LogP contribution in [0, 0.1) is 0 Å². The number of sulfonamides is 1. The van der Waals surface area contributed by atoms with Crippen LogP contribution in [0.2, 0.25) is 0 Å². The van der Waals surface area contributed by atoms with E-state index in [4.69, 9.17) is 4.74 Å². The van der Waals surface area contributed by atoms with Crippen LogP contribution in [-0.2, 0) is 14.8 Å². The molecular weight excluding hydrogens is 528 g/mol. The van der Waals surface area contributed by atoms with Crippen LogP contribution in [0.1, 0.15) is 18.0 Å². The molecule has 2 unspecified atom stereocenters. The Hall–Kier alpha value is -3.59. The van der Waals surface area contributed by atoms with Crippen molar-refractivity contribution in [3.05, 3.63) is 121 Å². The summed E-state index contributed by atoms with van der Waals surface area (Å²) >= 11 is 1.34. The summed E-state index contributed by atoms with van der Waals surface area (Å²) in [5, 5.41) is 2.26. The van der Waals surface area contributed by atoms with Gasteiger partial charge in [-0.25, -0.2) is 8.42 Å². The number of thioether (sulfide) groups is 1. The number of para-hydroxylation sites is 1. The van der Waals surface area contributed by atoms with Crippen LogP contribution in [0.3, 0.4) is 0 Å². The van der Waals surface area contributed by atoms with Gasteiger partial charge in [0.05, 0.1) is 17.5 Å². The molecule has 1 amide bonds. The molecule has 1 N–H and O–H groups in total. The molecule has 200 valence electrons. The van der Waals surface area contributed by atoms with Crippen molar-refractivity contribution < 1.29 is 17.9 Å². The third-order valence-electron chi connectivity index (χ3n) is 6.58. The lowest BCUT2D eigenvalue weighted by Crippen LogP contribution is -2.45. The van der Waals surface area contributed by atoms with Crippen molar-refractivity contribution in [1.82, 2.24) is 9.62 Å². The molecule has 0 bridgehead atoms. The molecule has 6 nitrogen and oxygen atoms in total. The van der Waals surface area contributed by atoms with Gasteiger partial charge in [0.2, 0.25) is 15.9 Å². The van der Waals surface area contributed by atoms with Crippen molar-refractivity contribution in [2.75, 3.05) is 18.9 Å². The predicted molar refractivity (Wildman–Crippen MR) is 156 cm³/mol. The largest absolute Gasteiger partial charge is 0.494 e. The highest BCUT2D eigenvalue weighted by molar-refractivity contribution is 8.02. The molecule has 2 atom stereocenters. The van der Waals surface area contributed by atoms with Gasteiger partial charge < -0.3 is 10.1 Å². The summed E-state index contributed by atoms with van der Waals surface area (Å²) in [5.74, 6) is 0.986. The number of ether oxygens (including phenoxy) is 1. The number of hydrogen-bond donors (Lipinski definition) is 1. The second-order valence-corrected chi connectivity index (χ2v) is 12.2. The normalized spacial score (nSPS) is 16.5. The second-order valence-electron chi connectivity index (χ2n) is 9.15. The van der Waals surface area contributed by atoms with E-state index in [1.807, 2.05) is 91.0 Å². The summed E-state index contributed by atoms with van der Waals surface area (Å²) in [5.41, 5.74) is 2.89. The second kappa shape index (κ2) is 12.5. The number of amides is 1. The molecule has 1 aliphatic heterocycles. The summed E-state index contributed by atoms with van der Waals surface area (Å²) in [6.07, 6.45) is 0.537. The van der Waals surface area contributed by atoms with E-state index in [0.29, 0.717) is 18.8 Å². The lowest BCUT2D eigenvalue weighted by atomic mass is 10.0. The summed E-state index contributed by atoms with van der Waals surface area (Å²) in [4.78, 5) is 13.7. The number of hydrogen-bond acceptors (Lipinski definition) is 5. The van der Waals surface area contributed by atoms with Crippen molar-refractivity contribution in [2.24, 2.45) is 0 Å². The molecule has 1 aliphatic rings. The van der Waals surface area contributed by atoms with Gasteiger partial charge in [-0.05, 0) is 41.0 Å². The highest BCUT2D eigenvalue weighted by atomic mass is 32.2. The minimum absolute atomic E-state index is 0.179. The number of nitrogens with zero attached hydrogens (tertiary/aromatic N) is 1. The number of nitrogens with one attached hydrogen (secondary N) is 1. The van der Waals surface area contributed by atoms with E-state index >= 15 is 0 Å². The zero-order valence-corrected chi connectivity index (χ0v) is 23.0. The van der Waals surface area contributed by atoms with Crippen molar-refractivity contribution in [2.45, 2.75) is 22.7 Å². The highest BCUT2D eigenvalue weighted by Gasteiger charge is 2.40. The first-order chi connectivity index (χ1) is 19.0. The van der Waals surface area contributed by atoms with Crippen LogP contribution in [0.5, 0.6) is 5.75 Å². The standard InChI is InChI=1S/C31H30N2O4S2/c34-30(32-29(26-12-6-2-7-13-26)20-22-37-27-14-8-3-9-15-27)31-33(21-23-38-31)39(35,36)28-18-16-25(17-19-28)24-10-4-1-5-11-24/h1-19,29,31H,20-23H2,(H,32,34). The molecule has 0 spiro atoms. The zero-order chi connectivity index (χ0) is 27.1. The maximum atomic E-state index is 13.6. The fourth-order valence-electron chi connectivity index (χ4n) is 4.55. The van der Waals surface area contributed by atoms with Gasteiger partial charge in [-0.1, -0.05) is 91.0 Å². The molecular formula is C31H30N2O4S2. The lowest BCUT2D eigenvalue weighted by Gasteiger charge is -2.26. The van der Waals surface area contributed by atoms with Gasteiger partial charge in [-0.3, -0.25) is 4.79 Å². The first-order valence-corrected chi connectivity index (χ1v) is 15.3. The van der Waals surface area contributed by atoms with E-state index in [9.17, 15) is 13.2 Å². The Labute approximate surface area is 234 Å². The molecule has 0 radical (unpaired) electrons. The number of carbonyl (C=O) groups is 1. The molecule has 1 heterocycles. The van der Waals surface area contributed by atoms with E-state index < -0.39 is 15.4 Å². The first kappa shape index (κ1) is 27.0. The summed E-state index contributed by atoms with van der Waals surface area (Å²) in [7, 11) is -3.86. The maximum absolute atomic E-state index is 13.6. The Balaban J connectivity index is 1.29. The van der Waals surface area contributed by atoms with Crippen LogP contribution in [0.4, 0.5) is 0 Å². The van der Waals surface area contributed by atoms with Gasteiger partial charge in [0.15, 0.2) is 0 Å². The van der Waals surface area contributed by atoms with E-state index in [1.165, 1.54) is 16.1 Å². The molecule has 5 rings (SSSR count). The number of benzene rings is 4. The fourth-order valence-corrected chi connectivity index (χ4v) is 7.64. The third-order valence-corrected chi connectivity index (χ3v) is 9.79. The molecule has 4 aromatic rings. The van der Waals surface area contributed by atoms with E-state index in [0.717, 1.165) is 22.4 Å². The van der Waals surface area contributed by atoms with Gasteiger partial charge in [0.1, 0.15) is 11.1 Å². The molecule has 0 aromatic heterocycles. The Bertz CT molecular complexity index is 1470. The van der Waals surface area contributed by atoms with Crippen LogP contribution in [0.15, 0.2) is 120 Å². The van der Waals surface area contributed by atoms with Crippen molar-refractivity contribution in [3.8, 4) is 16.9 Å². The minimum Gasteiger partial charge on any atom is -0.494 e. The highest BCUT2D eigenvalue weighted by Crippen LogP contribution is 2.32. The average Bonchev–Trinajstić information content (AvgIpc) is 3.50. The summed E-state index contributed by atoms with van der Waals surface area (Å²) < 4.78 is 34.4. The van der Waals surface area contributed by atoms with Crippen LogP contribution in [-0.4, -0.2) is 42.9 Å². The summed E-state index contributed by atoms with van der Waals surface area (Å²) in [6, 6.07) is 35.5. The van der Waals surface area contributed by atoms with E-state index in [-0.39, 0.29) is 23.4 Å². The Morgan fingerprint density at radius 3 is 2.10 bits per heavy atom. The zero-order valence-electron chi connectivity index (χ0n) is 21.3. The van der Waals surface area contributed by atoms with Crippen molar-refractivity contribution >= 4 is 27.7 Å². The lowest BCUT2D eigenvalue weighted by molar-refractivity contribution is -0.123. The molecule has 8 heteroatoms. The number of rotatable bonds is 10. The van der Waals surface area contributed by atoms with Crippen LogP contribution in [0.25, 0.3) is 11.1 Å². The van der Waals surface area contributed by atoms with E-state index in [2.05, 4.69) is 5.32 Å². The van der Waals surface area contributed by atoms with E-state index in [1.54, 1.807) is 24.3 Å². The minimum atomic E-state index is -3.86. The fraction of sp³-hybridized carbons (Fsp3) is 0.194. The molecule has 0 saturated carbocycles. The predicted octanol–water partition coefficient (Wildman–Crippen LogP) is 5.74. The maximum Gasteiger partial charge on any atom is 0.249 e. The van der Waals surface area contributed by atoms with Gasteiger partial charge in [-0.2, -0.15) is 4.31 Å². The van der Waals surface area contributed by atoms with Crippen LogP contribution >= 0.6 is 11.8 Å². The Morgan fingerprint density at radius 1 is 0.846 bits per heavy atom. The van der Waals surface area contributed by atoms with Crippen LogP contribution < -0.4 is 10.1 Å². The quantitative estimate of drug-likeness (QED) is 0.269. The molecule has 1 fully saturated rings. The van der Waals surface area contributed by atoms with Gasteiger partial charge >= 0.3 is 0 Å². The SMILES string of the molecule is O=C(NC(CCOc1ccccc1)c1ccccc1)C1SCCN1S(=O)(=O)c1ccc(-c2ccccc2)cc1. The van der Waals surface area contributed by atoms with Gasteiger partial charge in [-0.15, -0.1) is 11.8 Å². The first-order valence-electron chi connectivity index (χ1n) is 12.8. The topological polar surface area (TPSA) is 75.7 Å². The average molecular weight is 559 g/mol. The van der Waals surface area contributed by atoms with Crippen molar-refractivity contribution in [3.63, 3.8) is 0 Å². The monoisotopic (exact) mass is 558 g/mol. The summed E-state index contributed by atoms with van der Waals surface area (Å²) in [6.45, 7) is 0.677. The molecule has 39 heavy (non-hydrogen) atoms. The smallest absolute Gasteiger partial charge is 0.249 e. The number of carbonyl (C=O) groups excluding carboxylic acids is 1. The molecule has 1 saturated heterocycles. The third kappa shape index (κ3) is 6.53. The Morgan fingerprint density at radius 2 is 1.44 bits per heavy atom. The molecule has 0 aliphatic carbocycles. The Kier molecular flexibility index (Phi) is 8.66.